The van der Waals surface area contributed by atoms with Gasteiger partial charge in [0.15, 0.2) is 5.16 Å². The van der Waals surface area contributed by atoms with Crippen LogP contribution in [0.5, 0.6) is 0 Å². The van der Waals surface area contributed by atoms with E-state index in [4.69, 9.17) is 4.98 Å². The largest absolute Gasteiger partial charge is 0.332 e. The van der Waals surface area contributed by atoms with Crippen LogP contribution in [0.15, 0.2) is 72.0 Å². The number of imidazole rings is 1. The molecule has 0 spiro atoms. The van der Waals surface area contributed by atoms with Gasteiger partial charge in [0.05, 0.1) is 11.4 Å². The zero-order chi connectivity index (χ0) is 23.4. The number of nitrogens with one attached hydrogen (secondary N) is 3. The Morgan fingerprint density at radius 3 is 2.58 bits per heavy atom. The number of nitrogens with zero attached hydrogens (tertiary/aromatic N) is 2. The fourth-order valence-corrected chi connectivity index (χ4v) is 3.66. The van der Waals surface area contributed by atoms with E-state index in [1.807, 2.05) is 24.5 Å². The molecule has 3 N–H and O–H groups in total. The van der Waals surface area contributed by atoms with Crippen LogP contribution in [-0.4, -0.2) is 33.0 Å². The highest BCUT2D eigenvalue weighted by Gasteiger charge is 2.16. The summed E-state index contributed by atoms with van der Waals surface area (Å²) in [5.41, 5.74) is 3.79. The molecule has 4 rings (SSSR count). The van der Waals surface area contributed by atoms with Gasteiger partial charge in [-0.05, 0) is 48.7 Å². The summed E-state index contributed by atoms with van der Waals surface area (Å²) in [4.78, 5) is 36.1. The number of H-pyrrole nitrogens is 1. The molecule has 0 fully saturated rings. The number of hydrogen-bond donors (Lipinski definition) is 3. The summed E-state index contributed by atoms with van der Waals surface area (Å²) in [5.74, 6) is -0.663. The maximum atomic E-state index is 13.5. The van der Waals surface area contributed by atoms with Gasteiger partial charge in [0.25, 0.3) is 5.91 Å². The van der Waals surface area contributed by atoms with Crippen molar-refractivity contribution in [2.45, 2.75) is 12.1 Å². The zero-order valence-corrected chi connectivity index (χ0v) is 18.7. The molecule has 0 saturated carbocycles. The van der Waals surface area contributed by atoms with E-state index in [2.05, 4.69) is 20.6 Å². The number of pyridine rings is 1. The summed E-state index contributed by atoms with van der Waals surface area (Å²) in [7, 11) is 0. The summed E-state index contributed by atoms with van der Waals surface area (Å²) in [5, 5.41) is 6.20. The molecule has 0 aliphatic heterocycles. The predicted octanol–water partition coefficient (Wildman–Crippen LogP) is 5.21. The summed E-state index contributed by atoms with van der Waals surface area (Å²) >= 11 is 1.46. The number of halogens is 1. The predicted molar refractivity (Wildman–Crippen MR) is 128 cm³/mol. The summed E-state index contributed by atoms with van der Waals surface area (Å²) in [6.07, 6.45) is 3.52. The number of hydrogen-bond acceptors (Lipinski definition) is 5. The number of aromatic nitrogens is 3. The van der Waals surface area contributed by atoms with Crippen LogP contribution < -0.4 is 10.6 Å². The van der Waals surface area contributed by atoms with Crippen LogP contribution in [0.3, 0.4) is 0 Å². The van der Waals surface area contributed by atoms with Crippen molar-refractivity contribution < 1.29 is 14.0 Å². The van der Waals surface area contributed by atoms with E-state index < -0.39 is 11.7 Å². The lowest BCUT2D eigenvalue weighted by Gasteiger charge is -2.09. The molecule has 0 atom stereocenters. The first-order chi connectivity index (χ1) is 15.9. The standard InChI is InChI=1S/C24H20FN5O2S/c1-14(31)27-20-13-16(9-10-26-20)22-21(29-24(30-22)33-2)15-5-4-8-19(12-15)28-23(32)17-6-3-7-18(25)11-17/h3-13H,1-2H3,(H,28,32)(H,29,30)(H,26,27,31). The normalized spacial score (nSPS) is 10.6. The number of carbonyl (C=O) groups excluding carboxylic acids is 2. The van der Waals surface area contributed by atoms with Crippen LogP contribution in [0.2, 0.25) is 0 Å². The van der Waals surface area contributed by atoms with Gasteiger partial charge in [-0.3, -0.25) is 9.59 Å². The molecular weight excluding hydrogens is 441 g/mol. The third kappa shape index (κ3) is 5.27. The van der Waals surface area contributed by atoms with Gasteiger partial charge in [-0.15, -0.1) is 0 Å². The highest BCUT2D eigenvalue weighted by atomic mass is 32.2. The molecule has 166 valence electrons. The Bertz CT molecular complexity index is 1340. The van der Waals surface area contributed by atoms with E-state index in [1.165, 1.54) is 36.9 Å². The topological polar surface area (TPSA) is 99.8 Å². The van der Waals surface area contributed by atoms with Crippen molar-refractivity contribution in [1.29, 1.82) is 0 Å². The molecule has 0 aliphatic rings. The van der Waals surface area contributed by atoms with Crippen LogP contribution in [0, 0.1) is 5.82 Å². The minimum absolute atomic E-state index is 0.212. The molecular formula is C24H20FN5O2S. The Hall–Kier alpha value is -3.98. The van der Waals surface area contributed by atoms with Crippen molar-refractivity contribution in [2.24, 2.45) is 0 Å². The number of thioether (sulfide) groups is 1. The minimum atomic E-state index is -0.474. The lowest BCUT2D eigenvalue weighted by Crippen LogP contribution is -2.12. The van der Waals surface area contributed by atoms with Crippen molar-refractivity contribution in [3.05, 3.63) is 78.2 Å². The molecule has 2 aromatic carbocycles. The van der Waals surface area contributed by atoms with Gasteiger partial charge in [0.2, 0.25) is 5.91 Å². The van der Waals surface area contributed by atoms with E-state index in [-0.39, 0.29) is 11.5 Å². The summed E-state index contributed by atoms with van der Waals surface area (Å²) < 4.78 is 13.5. The molecule has 0 radical (unpaired) electrons. The molecule has 4 aromatic rings. The Balaban J connectivity index is 1.68. The third-order valence-electron chi connectivity index (χ3n) is 4.71. The van der Waals surface area contributed by atoms with Crippen molar-refractivity contribution in [1.82, 2.24) is 15.0 Å². The third-order valence-corrected chi connectivity index (χ3v) is 5.29. The molecule has 33 heavy (non-hydrogen) atoms. The minimum Gasteiger partial charge on any atom is -0.332 e. The summed E-state index contributed by atoms with van der Waals surface area (Å²) in [6.45, 7) is 1.42. The molecule has 0 unspecified atom stereocenters. The lowest BCUT2D eigenvalue weighted by molar-refractivity contribution is -0.114. The van der Waals surface area contributed by atoms with Crippen LogP contribution >= 0.6 is 11.8 Å². The van der Waals surface area contributed by atoms with Gasteiger partial charge in [0.1, 0.15) is 11.6 Å². The number of rotatable bonds is 6. The molecule has 2 heterocycles. The van der Waals surface area contributed by atoms with Crippen molar-refractivity contribution in [3.8, 4) is 22.5 Å². The number of aromatic amines is 1. The van der Waals surface area contributed by atoms with E-state index in [0.717, 1.165) is 16.8 Å². The Kier molecular flexibility index (Phi) is 6.50. The van der Waals surface area contributed by atoms with Gasteiger partial charge in [-0.25, -0.2) is 14.4 Å². The van der Waals surface area contributed by atoms with Crippen LogP contribution in [0.25, 0.3) is 22.5 Å². The van der Waals surface area contributed by atoms with Crippen molar-refractivity contribution in [2.75, 3.05) is 16.9 Å². The highest BCUT2D eigenvalue weighted by Crippen LogP contribution is 2.34. The van der Waals surface area contributed by atoms with E-state index in [1.54, 1.807) is 30.5 Å². The van der Waals surface area contributed by atoms with Gasteiger partial charge < -0.3 is 15.6 Å². The number of amides is 2. The Morgan fingerprint density at radius 1 is 1.00 bits per heavy atom. The molecule has 2 aromatic heterocycles. The van der Waals surface area contributed by atoms with Crippen molar-refractivity contribution >= 4 is 35.1 Å². The molecule has 0 bridgehead atoms. The van der Waals surface area contributed by atoms with Gasteiger partial charge in [-0.1, -0.05) is 30.0 Å². The van der Waals surface area contributed by atoms with Gasteiger partial charge in [-0.2, -0.15) is 0 Å². The first-order valence-corrected chi connectivity index (χ1v) is 11.2. The zero-order valence-electron chi connectivity index (χ0n) is 17.8. The second kappa shape index (κ2) is 9.66. The van der Waals surface area contributed by atoms with E-state index >= 15 is 0 Å². The van der Waals surface area contributed by atoms with Crippen molar-refractivity contribution in [3.63, 3.8) is 0 Å². The maximum absolute atomic E-state index is 13.5. The second-order valence-corrected chi connectivity index (χ2v) is 7.92. The van der Waals surface area contributed by atoms with Crippen LogP contribution in [0.1, 0.15) is 17.3 Å². The van der Waals surface area contributed by atoms with Gasteiger partial charge >= 0.3 is 0 Å². The first-order valence-electron chi connectivity index (χ1n) is 9.98. The Morgan fingerprint density at radius 2 is 1.82 bits per heavy atom. The van der Waals surface area contributed by atoms with Crippen LogP contribution in [0.4, 0.5) is 15.9 Å². The first kappa shape index (κ1) is 22.2. The lowest BCUT2D eigenvalue weighted by atomic mass is 10.0. The average molecular weight is 462 g/mol. The molecule has 0 aliphatic carbocycles. The number of anilines is 2. The fraction of sp³-hybridized carbons (Fsp3) is 0.0833. The average Bonchev–Trinajstić information content (AvgIpc) is 3.24. The maximum Gasteiger partial charge on any atom is 0.255 e. The smallest absolute Gasteiger partial charge is 0.255 e. The summed E-state index contributed by atoms with van der Waals surface area (Å²) in [6, 6.07) is 16.4. The van der Waals surface area contributed by atoms with E-state index in [0.29, 0.717) is 22.4 Å². The SMILES string of the molecule is CSc1nc(-c2cccc(NC(=O)c3cccc(F)c3)c2)c(-c2ccnc(NC(C)=O)c2)[nH]1. The fourth-order valence-electron chi connectivity index (χ4n) is 3.28. The number of benzene rings is 2. The molecule has 0 saturated heterocycles. The second-order valence-electron chi connectivity index (χ2n) is 7.13. The quantitative estimate of drug-likeness (QED) is 0.342. The molecule has 9 heteroatoms. The molecule has 2 amide bonds. The van der Waals surface area contributed by atoms with Crippen LogP contribution in [-0.2, 0) is 4.79 Å². The monoisotopic (exact) mass is 461 g/mol. The Labute approximate surface area is 193 Å². The highest BCUT2D eigenvalue weighted by molar-refractivity contribution is 7.98. The molecule has 7 nitrogen and oxygen atoms in total. The van der Waals surface area contributed by atoms with E-state index in [9.17, 15) is 14.0 Å². The van der Waals surface area contributed by atoms with Gasteiger partial charge in [0, 0.05) is 35.5 Å². The number of carbonyl (C=O) groups is 2.